The molecule has 0 aromatic rings. The van der Waals surface area contributed by atoms with Gasteiger partial charge in [-0.1, -0.05) is 11.6 Å². The van der Waals surface area contributed by atoms with Crippen molar-refractivity contribution in [2.45, 2.75) is 6.42 Å². The lowest BCUT2D eigenvalue weighted by Crippen LogP contribution is -2.07. The third kappa shape index (κ3) is 1.92. The Hall–Kier alpha value is -0.410. The standard InChI is InChI=1S/C9H8BrClN2/c10-9-5-8-6(1-3-13-9)7(11)2-4-12-8/h2,4-6H,1,3H2. The average molecular weight is 260 g/mol. The van der Waals surface area contributed by atoms with Gasteiger partial charge in [0, 0.05) is 23.7 Å². The summed E-state index contributed by atoms with van der Waals surface area (Å²) in [6.45, 7) is 0.796. The first-order valence-electron chi connectivity index (χ1n) is 4.08. The van der Waals surface area contributed by atoms with Gasteiger partial charge in [-0.05, 0) is 34.5 Å². The van der Waals surface area contributed by atoms with Gasteiger partial charge in [-0.15, -0.1) is 0 Å². The van der Waals surface area contributed by atoms with Crippen LogP contribution in [0.5, 0.6) is 0 Å². The lowest BCUT2D eigenvalue weighted by atomic mass is 9.99. The Morgan fingerprint density at radius 3 is 3.23 bits per heavy atom. The lowest BCUT2D eigenvalue weighted by Gasteiger charge is -2.16. The average Bonchev–Trinajstić information content (AvgIpc) is 2.27. The second kappa shape index (κ2) is 3.76. The number of hydrogen-bond acceptors (Lipinski definition) is 2. The number of fused-ring (bicyclic) bond motifs is 1. The van der Waals surface area contributed by atoms with E-state index in [4.69, 9.17) is 11.6 Å². The molecule has 0 spiro atoms. The third-order valence-electron chi connectivity index (χ3n) is 2.09. The van der Waals surface area contributed by atoms with Gasteiger partial charge in [-0.2, -0.15) is 0 Å². The smallest absolute Gasteiger partial charge is 0.102 e. The van der Waals surface area contributed by atoms with Gasteiger partial charge in [0.15, 0.2) is 0 Å². The fraction of sp³-hybridized carbons (Fsp3) is 0.333. The Labute approximate surface area is 90.2 Å². The van der Waals surface area contributed by atoms with E-state index in [0.29, 0.717) is 0 Å². The maximum absolute atomic E-state index is 6.07. The van der Waals surface area contributed by atoms with E-state index < -0.39 is 0 Å². The van der Waals surface area contributed by atoms with Crippen LogP contribution in [0.3, 0.4) is 0 Å². The SMILES string of the molecule is ClC1=CC=NC2=CC(Br)=NCCC12. The van der Waals surface area contributed by atoms with E-state index in [1.807, 2.05) is 12.2 Å². The van der Waals surface area contributed by atoms with Gasteiger partial charge in [0.1, 0.15) is 4.62 Å². The van der Waals surface area contributed by atoms with E-state index in [1.165, 1.54) is 0 Å². The van der Waals surface area contributed by atoms with Crippen LogP contribution in [-0.4, -0.2) is 17.4 Å². The first kappa shape index (κ1) is 9.16. The van der Waals surface area contributed by atoms with Crippen molar-refractivity contribution in [3.05, 3.63) is 22.9 Å². The van der Waals surface area contributed by atoms with Crippen molar-refractivity contribution < 1.29 is 0 Å². The molecule has 0 N–H and O–H groups in total. The second-order valence-corrected chi connectivity index (χ2v) is 4.19. The maximum atomic E-state index is 6.07. The lowest BCUT2D eigenvalue weighted by molar-refractivity contribution is 0.672. The van der Waals surface area contributed by atoms with Crippen LogP contribution in [0.15, 0.2) is 32.9 Å². The molecule has 0 aromatic heterocycles. The number of rotatable bonds is 0. The van der Waals surface area contributed by atoms with Crippen molar-refractivity contribution in [3.63, 3.8) is 0 Å². The normalized spacial score (nSPS) is 26.9. The number of dihydropyridines is 1. The molecule has 0 bridgehead atoms. The summed E-state index contributed by atoms with van der Waals surface area (Å²) in [5.74, 6) is 0.241. The van der Waals surface area contributed by atoms with Crippen LogP contribution < -0.4 is 0 Å². The molecule has 2 aliphatic heterocycles. The molecule has 0 saturated carbocycles. The summed E-state index contributed by atoms with van der Waals surface area (Å²) < 4.78 is 0.855. The number of nitrogens with zero attached hydrogens (tertiary/aromatic N) is 2. The topological polar surface area (TPSA) is 24.7 Å². The molecule has 0 radical (unpaired) electrons. The van der Waals surface area contributed by atoms with Gasteiger partial charge < -0.3 is 0 Å². The van der Waals surface area contributed by atoms with Crippen LogP contribution in [0.1, 0.15) is 6.42 Å². The molecule has 0 saturated heterocycles. The predicted molar refractivity (Wildman–Crippen MR) is 59.8 cm³/mol. The molecule has 2 heterocycles. The molecule has 1 unspecified atom stereocenters. The molecular formula is C9H8BrClN2. The number of hydrogen-bond donors (Lipinski definition) is 0. The highest BCUT2D eigenvalue weighted by atomic mass is 79.9. The van der Waals surface area contributed by atoms with Gasteiger partial charge in [0.05, 0.1) is 5.70 Å². The van der Waals surface area contributed by atoms with Gasteiger partial charge in [-0.3, -0.25) is 9.98 Å². The van der Waals surface area contributed by atoms with Gasteiger partial charge >= 0.3 is 0 Å². The van der Waals surface area contributed by atoms with Crippen molar-refractivity contribution in [1.29, 1.82) is 0 Å². The summed E-state index contributed by atoms with van der Waals surface area (Å²) >= 11 is 9.43. The fourth-order valence-electron chi connectivity index (χ4n) is 1.43. The number of allylic oxidation sites excluding steroid dienone is 3. The van der Waals surface area contributed by atoms with Gasteiger partial charge in [0.25, 0.3) is 0 Å². The Bertz CT molecular complexity index is 342. The Balaban J connectivity index is 2.35. The zero-order valence-corrected chi connectivity index (χ0v) is 9.22. The summed E-state index contributed by atoms with van der Waals surface area (Å²) in [5, 5.41) is 0.860. The second-order valence-electron chi connectivity index (χ2n) is 2.94. The Morgan fingerprint density at radius 1 is 1.54 bits per heavy atom. The summed E-state index contributed by atoms with van der Waals surface area (Å²) in [6.07, 6.45) is 6.45. The Morgan fingerprint density at radius 2 is 2.38 bits per heavy atom. The highest BCUT2D eigenvalue weighted by molar-refractivity contribution is 9.18. The van der Waals surface area contributed by atoms with E-state index >= 15 is 0 Å². The van der Waals surface area contributed by atoms with Crippen LogP contribution in [0.2, 0.25) is 0 Å². The minimum absolute atomic E-state index is 0.241. The molecule has 0 amide bonds. The highest BCUT2D eigenvalue weighted by Gasteiger charge is 2.21. The highest BCUT2D eigenvalue weighted by Crippen LogP contribution is 2.31. The molecule has 13 heavy (non-hydrogen) atoms. The summed E-state index contributed by atoms with van der Waals surface area (Å²) in [7, 11) is 0. The zero-order chi connectivity index (χ0) is 9.26. The first-order chi connectivity index (χ1) is 6.27. The van der Waals surface area contributed by atoms with Crippen molar-refractivity contribution in [1.82, 2.24) is 0 Å². The van der Waals surface area contributed by atoms with E-state index in [9.17, 15) is 0 Å². The molecule has 2 nitrogen and oxygen atoms in total. The summed E-state index contributed by atoms with van der Waals surface area (Å²) in [4.78, 5) is 8.56. The first-order valence-corrected chi connectivity index (χ1v) is 5.26. The van der Waals surface area contributed by atoms with Crippen molar-refractivity contribution in [2.75, 3.05) is 6.54 Å². The van der Waals surface area contributed by atoms with Crippen molar-refractivity contribution >= 4 is 38.4 Å². The molecule has 0 fully saturated rings. The van der Waals surface area contributed by atoms with Gasteiger partial charge in [-0.25, -0.2) is 0 Å². The van der Waals surface area contributed by atoms with E-state index in [0.717, 1.165) is 28.3 Å². The largest absolute Gasteiger partial charge is 0.278 e. The van der Waals surface area contributed by atoms with E-state index in [2.05, 4.69) is 25.9 Å². The predicted octanol–water partition coefficient (Wildman–Crippen LogP) is 2.89. The number of halogens is 2. The molecule has 1 atom stereocenters. The van der Waals surface area contributed by atoms with E-state index in [-0.39, 0.29) is 5.92 Å². The monoisotopic (exact) mass is 258 g/mol. The van der Waals surface area contributed by atoms with Crippen molar-refractivity contribution in [2.24, 2.45) is 15.9 Å². The zero-order valence-electron chi connectivity index (χ0n) is 6.87. The minimum Gasteiger partial charge on any atom is -0.278 e. The summed E-state index contributed by atoms with van der Waals surface area (Å²) in [6, 6.07) is 0. The van der Waals surface area contributed by atoms with Gasteiger partial charge in [0.2, 0.25) is 0 Å². The quantitative estimate of drug-likeness (QED) is 0.639. The van der Waals surface area contributed by atoms with Crippen LogP contribution in [-0.2, 0) is 0 Å². The maximum Gasteiger partial charge on any atom is 0.102 e. The molecule has 2 aliphatic rings. The van der Waals surface area contributed by atoms with Crippen molar-refractivity contribution in [3.8, 4) is 0 Å². The Kier molecular flexibility index (Phi) is 2.65. The fourth-order valence-corrected chi connectivity index (χ4v) is 2.12. The van der Waals surface area contributed by atoms with Crippen LogP contribution in [0.4, 0.5) is 0 Å². The molecule has 4 heteroatoms. The van der Waals surface area contributed by atoms with Crippen LogP contribution >= 0.6 is 27.5 Å². The molecule has 0 aliphatic carbocycles. The third-order valence-corrected chi connectivity index (χ3v) is 2.96. The summed E-state index contributed by atoms with van der Waals surface area (Å²) in [5.41, 5.74) is 1.00. The minimum atomic E-state index is 0.241. The molecule has 2 rings (SSSR count). The number of aliphatic imine (C=N–C) groups is 2. The molecule has 0 aromatic carbocycles. The van der Waals surface area contributed by atoms with E-state index in [1.54, 1.807) is 6.21 Å². The van der Waals surface area contributed by atoms with Crippen LogP contribution in [0.25, 0.3) is 0 Å². The molecule has 68 valence electrons. The van der Waals surface area contributed by atoms with Crippen LogP contribution in [0, 0.1) is 5.92 Å². The molecular weight excluding hydrogens is 251 g/mol.